The van der Waals surface area contributed by atoms with E-state index in [9.17, 15) is 8.42 Å². The molecule has 1 fully saturated rings. The topological polar surface area (TPSA) is 57.6 Å². The number of benzene rings is 1. The van der Waals surface area contributed by atoms with Gasteiger partial charge in [-0.2, -0.15) is 4.31 Å². The molecule has 0 bridgehead atoms. The lowest BCUT2D eigenvalue weighted by molar-refractivity contribution is 0.220. The summed E-state index contributed by atoms with van der Waals surface area (Å²) in [5, 5.41) is 8.66. The van der Waals surface area contributed by atoms with Gasteiger partial charge >= 0.3 is 0 Å². The molecule has 114 valence electrons. The second-order valence-electron chi connectivity index (χ2n) is 5.58. The van der Waals surface area contributed by atoms with Gasteiger partial charge in [-0.3, -0.25) is 0 Å². The van der Waals surface area contributed by atoms with Gasteiger partial charge in [-0.05, 0) is 49.9 Å². The van der Waals surface area contributed by atoms with Crippen LogP contribution < -0.4 is 0 Å². The van der Waals surface area contributed by atoms with E-state index in [1.54, 1.807) is 28.6 Å². The Morgan fingerprint density at radius 3 is 2.52 bits per heavy atom. The zero-order valence-corrected chi connectivity index (χ0v) is 13.2. The van der Waals surface area contributed by atoms with Crippen molar-refractivity contribution < 1.29 is 13.5 Å². The largest absolute Gasteiger partial charge is 0.384 e. The predicted octanol–water partition coefficient (Wildman–Crippen LogP) is 1.84. The number of aliphatic hydroxyl groups is 1. The van der Waals surface area contributed by atoms with Crippen molar-refractivity contribution in [3.05, 3.63) is 29.8 Å². The first-order valence-corrected chi connectivity index (χ1v) is 8.61. The average molecular weight is 307 g/mol. The van der Waals surface area contributed by atoms with Gasteiger partial charge in [0, 0.05) is 18.2 Å². The number of aliphatic hydroxyl groups excluding tert-OH is 1. The lowest BCUT2D eigenvalue weighted by Crippen LogP contribution is -2.44. The van der Waals surface area contributed by atoms with Crippen molar-refractivity contribution in [1.82, 2.24) is 4.31 Å². The van der Waals surface area contributed by atoms with E-state index in [4.69, 9.17) is 5.11 Å². The van der Waals surface area contributed by atoms with E-state index >= 15 is 0 Å². The van der Waals surface area contributed by atoms with E-state index in [0.717, 1.165) is 12.8 Å². The smallest absolute Gasteiger partial charge is 0.243 e. The molecule has 2 unspecified atom stereocenters. The summed E-state index contributed by atoms with van der Waals surface area (Å²) in [5.74, 6) is 5.87. The summed E-state index contributed by atoms with van der Waals surface area (Å²) < 4.78 is 27.0. The van der Waals surface area contributed by atoms with E-state index in [1.807, 2.05) is 6.92 Å². The van der Waals surface area contributed by atoms with E-state index in [1.165, 1.54) is 0 Å². The van der Waals surface area contributed by atoms with Crippen LogP contribution in [-0.4, -0.2) is 37.0 Å². The number of hydrogen-bond donors (Lipinski definition) is 1. The summed E-state index contributed by atoms with van der Waals surface area (Å²) >= 11 is 0. The van der Waals surface area contributed by atoms with Gasteiger partial charge in [0.1, 0.15) is 6.61 Å². The Kier molecular flexibility index (Phi) is 5.04. The lowest BCUT2D eigenvalue weighted by Gasteiger charge is -2.35. The summed E-state index contributed by atoms with van der Waals surface area (Å²) in [7, 11) is -3.44. The first kappa shape index (κ1) is 16.0. The summed E-state index contributed by atoms with van der Waals surface area (Å²) in [6.07, 6.45) is 1.81. The van der Waals surface area contributed by atoms with Crippen molar-refractivity contribution in [2.75, 3.05) is 13.2 Å². The summed E-state index contributed by atoms with van der Waals surface area (Å²) in [4.78, 5) is 0.304. The summed E-state index contributed by atoms with van der Waals surface area (Å²) in [6, 6.07) is 6.55. The molecule has 0 spiro atoms. The highest BCUT2D eigenvalue weighted by molar-refractivity contribution is 7.89. The van der Waals surface area contributed by atoms with Crippen LogP contribution in [0.3, 0.4) is 0 Å². The molecule has 21 heavy (non-hydrogen) atoms. The first-order valence-electron chi connectivity index (χ1n) is 7.17. The molecule has 1 aromatic rings. The first-order chi connectivity index (χ1) is 9.95. The standard InChI is InChI=1S/C16H21NO3S/c1-13-9-10-17(14(2)12-13)21(19,20)16-7-5-15(6-8-16)4-3-11-18/h5-8,13-14,18H,9-12H2,1-2H3. The third kappa shape index (κ3) is 3.65. The number of rotatable bonds is 2. The van der Waals surface area contributed by atoms with Crippen LogP contribution in [0.15, 0.2) is 29.2 Å². The zero-order valence-electron chi connectivity index (χ0n) is 12.4. The minimum absolute atomic E-state index is 0.0348. The van der Waals surface area contributed by atoms with Crippen LogP contribution in [0.1, 0.15) is 32.3 Å². The van der Waals surface area contributed by atoms with Gasteiger partial charge in [0.15, 0.2) is 0 Å². The molecule has 0 aliphatic carbocycles. The molecule has 0 radical (unpaired) electrons. The Hall–Kier alpha value is -1.35. The predicted molar refractivity (Wildman–Crippen MR) is 82.2 cm³/mol. The third-order valence-electron chi connectivity index (χ3n) is 3.85. The zero-order chi connectivity index (χ0) is 15.5. The number of nitrogens with zero attached hydrogens (tertiary/aromatic N) is 1. The number of sulfonamides is 1. The second-order valence-corrected chi connectivity index (χ2v) is 7.47. The highest BCUT2D eigenvalue weighted by atomic mass is 32.2. The fraction of sp³-hybridized carbons (Fsp3) is 0.500. The minimum Gasteiger partial charge on any atom is -0.384 e. The van der Waals surface area contributed by atoms with Crippen molar-refractivity contribution in [2.24, 2.45) is 5.92 Å². The molecule has 4 nitrogen and oxygen atoms in total. The van der Waals surface area contributed by atoms with E-state index in [0.29, 0.717) is 22.9 Å². The van der Waals surface area contributed by atoms with Gasteiger partial charge in [0.05, 0.1) is 4.90 Å². The molecule has 2 rings (SSSR count). The Bertz CT molecular complexity index is 640. The molecular weight excluding hydrogens is 286 g/mol. The molecule has 1 aliphatic heterocycles. The molecule has 1 N–H and O–H groups in total. The Labute approximate surface area is 126 Å². The monoisotopic (exact) mass is 307 g/mol. The van der Waals surface area contributed by atoms with Gasteiger partial charge in [-0.15, -0.1) is 0 Å². The summed E-state index contributed by atoms with van der Waals surface area (Å²) in [5.41, 5.74) is 0.698. The van der Waals surface area contributed by atoms with Gasteiger partial charge in [-0.25, -0.2) is 8.42 Å². The number of piperidine rings is 1. The molecular formula is C16H21NO3S. The van der Waals surface area contributed by atoms with Gasteiger partial charge in [0.25, 0.3) is 0 Å². The van der Waals surface area contributed by atoms with E-state index in [-0.39, 0.29) is 12.6 Å². The van der Waals surface area contributed by atoms with Gasteiger partial charge < -0.3 is 5.11 Å². The lowest BCUT2D eigenvalue weighted by atomic mass is 9.95. The molecule has 0 saturated carbocycles. The molecule has 1 aromatic carbocycles. The Morgan fingerprint density at radius 1 is 1.29 bits per heavy atom. The van der Waals surface area contributed by atoms with Gasteiger partial charge in [0.2, 0.25) is 10.0 Å². The molecule has 0 amide bonds. The van der Waals surface area contributed by atoms with E-state index < -0.39 is 10.0 Å². The van der Waals surface area contributed by atoms with Crippen LogP contribution in [0.2, 0.25) is 0 Å². The van der Waals surface area contributed by atoms with Gasteiger partial charge in [-0.1, -0.05) is 18.8 Å². The van der Waals surface area contributed by atoms with Crippen LogP contribution in [0.4, 0.5) is 0 Å². The molecule has 2 atom stereocenters. The van der Waals surface area contributed by atoms with Crippen LogP contribution in [-0.2, 0) is 10.0 Å². The van der Waals surface area contributed by atoms with Crippen LogP contribution >= 0.6 is 0 Å². The maximum Gasteiger partial charge on any atom is 0.243 e. The molecule has 5 heteroatoms. The van der Waals surface area contributed by atoms with Crippen LogP contribution in [0, 0.1) is 17.8 Å². The summed E-state index contributed by atoms with van der Waals surface area (Å²) in [6.45, 7) is 4.50. The molecule has 1 saturated heterocycles. The van der Waals surface area contributed by atoms with Crippen molar-refractivity contribution in [3.8, 4) is 11.8 Å². The fourth-order valence-corrected chi connectivity index (χ4v) is 4.39. The molecule has 1 heterocycles. The molecule has 1 aliphatic rings. The maximum absolute atomic E-state index is 12.7. The average Bonchev–Trinajstić information content (AvgIpc) is 2.45. The van der Waals surface area contributed by atoms with Crippen molar-refractivity contribution in [1.29, 1.82) is 0 Å². The third-order valence-corrected chi connectivity index (χ3v) is 5.88. The second kappa shape index (κ2) is 6.61. The number of hydrogen-bond acceptors (Lipinski definition) is 3. The fourth-order valence-electron chi connectivity index (χ4n) is 2.73. The minimum atomic E-state index is -3.44. The van der Waals surface area contributed by atoms with Crippen molar-refractivity contribution >= 4 is 10.0 Å². The van der Waals surface area contributed by atoms with E-state index in [2.05, 4.69) is 18.8 Å². The Balaban J connectivity index is 2.23. The highest BCUT2D eigenvalue weighted by Gasteiger charge is 2.32. The SMILES string of the molecule is CC1CCN(S(=O)(=O)c2ccc(C#CCO)cc2)C(C)C1. The van der Waals surface area contributed by atoms with Crippen LogP contribution in [0.5, 0.6) is 0 Å². The Morgan fingerprint density at radius 2 is 1.95 bits per heavy atom. The van der Waals surface area contributed by atoms with Crippen molar-refractivity contribution in [2.45, 2.75) is 37.6 Å². The maximum atomic E-state index is 12.7. The highest BCUT2D eigenvalue weighted by Crippen LogP contribution is 2.28. The molecule has 0 aromatic heterocycles. The van der Waals surface area contributed by atoms with Crippen LogP contribution in [0.25, 0.3) is 0 Å². The van der Waals surface area contributed by atoms with Crippen molar-refractivity contribution in [3.63, 3.8) is 0 Å². The quantitative estimate of drug-likeness (QED) is 0.848. The normalized spacial score (nSPS) is 23.4.